The van der Waals surface area contributed by atoms with Crippen molar-refractivity contribution < 1.29 is 28.2 Å². The molecule has 2 atom stereocenters. The van der Waals surface area contributed by atoms with Crippen LogP contribution in [0.5, 0.6) is 11.5 Å². The second-order valence-electron chi connectivity index (χ2n) is 7.55. The highest BCUT2D eigenvalue weighted by Gasteiger charge is 2.32. The Labute approximate surface area is 167 Å². The summed E-state index contributed by atoms with van der Waals surface area (Å²) >= 11 is 0. The fourth-order valence-corrected chi connectivity index (χ4v) is 3.88. The third-order valence-electron chi connectivity index (χ3n) is 5.56. The number of ether oxygens (including phenoxy) is 2. The zero-order valence-corrected chi connectivity index (χ0v) is 15.9. The minimum atomic E-state index is -0.796. The Morgan fingerprint density at radius 1 is 1.14 bits per heavy atom. The number of piperidine rings is 1. The molecule has 0 radical (unpaired) electrons. The van der Waals surface area contributed by atoms with Crippen LogP contribution in [0.4, 0.5) is 8.78 Å². The molecule has 2 heterocycles. The summed E-state index contributed by atoms with van der Waals surface area (Å²) in [7, 11) is 0. The van der Waals surface area contributed by atoms with E-state index in [4.69, 9.17) is 9.47 Å². The number of halogens is 2. The van der Waals surface area contributed by atoms with Crippen LogP contribution in [0.3, 0.4) is 0 Å². The monoisotopic (exact) mass is 403 g/mol. The van der Waals surface area contributed by atoms with Crippen molar-refractivity contribution in [1.29, 1.82) is 0 Å². The summed E-state index contributed by atoms with van der Waals surface area (Å²) in [6.07, 6.45) is -0.0171. The number of rotatable bonds is 5. The van der Waals surface area contributed by atoms with Crippen molar-refractivity contribution in [2.45, 2.75) is 25.0 Å². The van der Waals surface area contributed by atoms with Gasteiger partial charge in [-0.1, -0.05) is 6.07 Å². The van der Waals surface area contributed by atoms with Gasteiger partial charge in [-0.25, -0.2) is 8.78 Å². The number of carbonyl (C=O) groups is 1. The molecular formula is C22H23F2NO4. The summed E-state index contributed by atoms with van der Waals surface area (Å²) in [5.74, 6) is -0.529. The Bertz CT molecular complexity index is 866. The number of nitrogens with zero attached hydrogens (tertiary/aromatic N) is 1. The van der Waals surface area contributed by atoms with Crippen molar-refractivity contribution in [2.75, 3.05) is 26.2 Å². The van der Waals surface area contributed by atoms with E-state index in [0.29, 0.717) is 43.8 Å². The summed E-state index contributed by atoms with van der Waals surface area (Å²) in [5, 5.41) is 10.6. The molecule has 1 N–H and O–H groups in total. The van der Waals surface area contributed by atoms with Gasteiger partial charge in [-0.15, -0.1) is 0 Å². The number of aliphatic hydroxyl groups is 1. The smallest absolute Gasteiger partial charge is 0.197 e. The number of fused-ring (bicyclic) bond motifs is 1. The van der Waals surface area contributed by atoms with Crippen LogP contribution in [0.15, 0.2) is 42.5 Å². The van der Waals surface area contributed by atoms with Crippen molar-refractivity contribution in [1.82, 2.24) is 4.90 Å². The van der Waals surface area contributed by atoms with E-state index in [1.54, 1.807) is 6.07 Å². The quantitative estimate of drug-likeness (QED) is 0.778. The number of hydrogen-bond acceptors (Lipinski definition) is 5. The molecule has 7 heteroatoms. The molecule has 2 aromatic carbocycles. The van der Waals surface area contributed by atoms with E-state index in [9.17, 15) is 18.7 Å². The van der Waals surface area contributed by atoms with Gasteiger partial charge in [-0.05, 0) is 62.3 Å². The molecule has 4 rings (SSSR count). The van der Waals surface area contributed by atoms with Gasteiger partial charge in [0.25, 0.3) is 0 Å². The van der Waals surface area contributed by atoms with Crippen LogP contribution in [0.25, 0.3) is 0 Å². The third kappa shape index (κ3) is 4.41. The summed E-state index contributed by atoms with van der Waals surface area (Å²) in [5.41, 5.74) is 0.531. The lowest BCUT2D eigenvalue weighted by Crippen LogP contribution is -2.48. The first-order valence-corrected chi connectivity index (χ1v) is 9.79. The van der Waals surface area contributed by atoms with Crippen LogP contribution in [0.2, 0.25) is 0 Å². The topological polar surface area (TPSA) is 59.0 Å². The molecule has 29 heavy (non-hydrogen) atoms. The number of likely N-dealkylation sites (tertiary alicyclic amines) is 1. The Kier molecular flexibility index (Phi) is 5.78. The minimum absolute atomic E-state index is 0.0350. The van der Waals surface area contributed by atoms with Crippen LogP contribution < -0.4 is 9.47 Å². The van der Waals surface area contributed by atoms with Crippen LogP contribution in [-0.4, -0.2) is 54.2 Å². The zero-order valence-electron chi connectivity index (χ0n) is 15.9. The van der Waals surface area contributed by atoms with E-state index in [0.717, 1.165) is 0 Å². The molecule has 0 spiro atoms. The lowest BCUT2D eigenvalue weighted by molar-refractivity contribution is -0.0300. The summed E-state index contributed by atoms with van der Waals surface area (Å²) in [4.78, 5) is 14.7. The second-order valence-corrected chi connectivity index (χ2v) is 7.55. The molecule has 154 valence electrons. The average molecular weight is 403 g/mol. The molecule has 2 aromatic rings. The maximum absolute atomic E-state index is 13.7. The average Bonchev–Trinajstić information content (AvgIpc) is 2.74. The van der Waals surface area contributed by atoms with E-state index < -0.39 is 18.0 Å². The van der Waals surface area contributed by atoms with Crippen molar-refractivity contribution in [3.8, 4) is 11.5 Å². The number of para-hydroxylation sites is 1. The number of β-amino-alcohol motifs (C(OH)–C–C–N with tert-alkyl or cyclic N) is 1. The first-order valence-electron chi connectivity index (χ1n) is 9.79. The van der Waals surface area contributed by atoms with Gasteiger partial charge in [0.15, 0.2) is 29.2 Å². The minimum Gasteiger partial charge on any atom is -0.483 e. The van der Waals surface area contributed by atoms with Gasteiger partial charge in [0.2, 0.25) is 0 Å². The number of Topliss-reactive ketones (excluding diaryl/α,β-unsaturated/α-hetero) is 1. The molecule has 2 unspecified atom stereocenters. The number of benzene rings is 2. The summed E-state index contributed by atoms with van der Waals surface area (Å²) in [6.45, 7) is 1.81. The SMILES string of the molecule is O=C(c1ccc(F)cc1)C1CCN(CC(O)C2COc3c(F)cccc3O2)CC1. The maximum Gasteiger partial charge on any atom is 0.197 e. The second kappa shape index (κ2) is 8.47. The molecule has 0 bridgehead atoms. The number of ketones is 1. The fraction of sp³-hybridized carbons (Fsp3) is 0.409. The molecule has 0 saturated carbocycles. The highest BCUT2D eigenvalue weighted by atomic mass is 19.1. The molecule has 2 aliphatic heterocycles. The summed E-state index contributed by atoms with van der Waals surface area (Å²) < 4.78 is 37.9. The first kappa shape index (κ1) is 19.8. The lowest BCUT2D eigenvalue weighted by atomic mass is 9.88. The first-order chi connectivity index (χ1) is 14.0. The van der Waals surface area contributed by atoms with Crippen LogP contribution in [-0.2, 0) is 0 Å². The Balaban J connectivity index is 1.28. The highest BCUT2D eigenvalue weighted by Crippen LogP contribution is 2.34. The van der Waals surface area contributed by atoms with E-state index >= 15 is 0 Å². The Morgan fingerprint density at radius 3 is 2.59 bits per heavy atom. The number of hydrogen-bond donors (Lipinski definition) is 1. The van der Waals surface area contributed by atoms with Crippen molar-refractivity contribution in [3.05, 3.63) is 59.7 Å². The maximum atomic E-state index is 13.7. The predicted molar refractivity (Wildman–Crippen MR) is 102 cm³/mol. The fourth-order valence-electron chi connectivity index (χ4n) is 3.88. The van der Waals surface area contributed by atoms with Gasteiger partial charge in [0.1, 0.15) is 18.5 Å². The molecule has 0 aliphatic carbocycles. The number of carbonyl (C=O) groups excluding carboxylic acids is 1. The standard InChI is InChI=1S/C22H23F2NO4/c23-16-6-4-14(5-7-16)21(27)15-8-10-25(11-9-15)12-18(26)20-13-28-22-17(24)2-1-3-19(22)29-20/h1-7,15,18,20,26H,8-13H2. The van der Waals surface area contributed by atoms with Crippen molar-refractivity contribution in [3.63, 3.8) is 0 Å². The zero-order chi connectivity index (χ0) is 20.4. The van der Waals surface area contributed by atoms with Crippen LogP contribution in [0, 0.1) is 17.6 Å². The molecule has 0 amide bonds. The Morgan fingerprint density at radius 2 is 1.86 bits per heavy atom. The molecule has 0 aromatic heterocycles. The van der Waals surface area contributed by atoms with E-state index in [1.807, 2.05) is 0 Å². The van der Waals surface area contributed by atoms with E-state index in [2.05, 4.69) is 4.90 Å². The third-order valence-corrected chi connectivity index (χ3v) is 5.56. The van der Waals surface area contributed by atoms with Crippen molar-refractivity contribution in [2.24, 2.45) is 5.92 Å². The van der Waals surface area contributed by atoms with E-state index in [-0.39, 0.29) is 29.9 Å². The van der Waals surface area contributed by atoms with Crippen LogP contribution >= 0.6 is 0 Å². The highest BCUT2D eigenvalue weighted by molar-refractivity contribution is 5.97. The molecular weight excluding hydrogens is 380 g/mol. The molecule has 2 aliphatic rings. The van der Waals surface area contributed by atoms with E-state index in [1.165, 1.54) is 36.4 Å². The lowest BCUT2D eigenvalue weighted by Gasteiger charge is -2.35. The largest absolute Gasteiger partial charge is 0.483 e. The van der Waals surface area contributed by atoms with Gasteiger partial charge in [0, 0.05) is 18.0 Å². The van der Waals surface area contributed by atoms with Gasteiger partial charge >= 0.3 is 0 Å². The summed E-state index contributed by atoms with van der Waals surface area (Å²) in [6, 6.07) is 10.1. The van der Waals surface area contributed by atoms with Gasteiger partial charge in [-0.2, -0.15) is 0 Å². The normalized spacial score (nSPS) is 21.0. The Hall–Kier alpha value is -2.51. The molecule has 1 saturated heterocycles. The van der Waals surface area contributed by atoms with Crippen molar-refractivity contribution >= 4 is 5.78 Å². The molecule has 5 nitrogen and oxygen atoms in total. The van der Waals surface area contributed by atoms with Gasteiger partial charge < -0.3 is 19.5 Å². The van der Waals surface area contributed by atoms with Gasteiger partial charge in [0.05, 0.1) is 0 Å². The van der Waals surface area contributed by atoms with Gasteiger partial charge in [-0.3, -0.25) is 4.79 Å². The number of aliphatic hydroxyl groups excluding tert-OH is 1. The predicted octanol–water partition coefficient (Wildman–Crippen LogP) is 3.06. The molecule has 1 fully saturated rings. The van der Waals surface area contributed by atoms with Crippen LogP contribution in [0.1, 0.15) is 23.2 Å².